The van der Waals surface area contributed by atoms with E-state index in [4.69, 9.17) is 16.3 Å². The minimum atomic E-state index is 0.0391. The normalized spacial score (nSPS) is 21.4. The van der Waals surface area contributed by atoms with Crippen LogP contribution in [0.1, 0.15) is 11.8 Å². The summed E-state index contributed by atoms with van der Waals surface area (Å²) in [7, 11) is 0. The van der Waals surface area contributed by atoms with Gasteiger partial charge in [0.2, 0.25) is 0 Å². The number of H-pyrrole nitrogens is 1. The van der Waals surface area contributed by atoms with Gasteiger partial charge < -0.3 is 10.1 Å². The predicted octanol–water partition coefficient (Wildman–Crippen LogP) is 1.88. The third kappa shape index (κ3) is 1.59. The first-order chi connectivity index (χ1) is 7.86. The topological polar surface area (TPSA) is 49.9 Å². The van der Waals surface area contributed by atoms with Crippen molar-refractivity contribution in [2.45, 2.75) is 6.10 Å². The zero-order chi connectivity index (χ0) is 11.0. The van der Waals surface area contributed by atoms with Crippen molar-refractivity contribution < 1.29 is 4.74 Å². The summed E-state index contributed by atoms with van der Waals surface area (Å²) >= 11 is 6.07. The second kappa shape index (κ2) is 4.05. The second-order valence-electron chi connectivity index (χ2n) is 3.84. The van der Waals surface area contributed by atoms with Crippen LogP contribution in [0.3, 0.4) is 0 Å². The summed E-state index contributed by atoms with van der Waals surface area (Å²) < 4.78 is 5.69. The van der Waals surface area contributed by atoms with Gasteiger partial charge in [0.1, 0.15) is 11.6 Å². The molecule has 0 spiro atoms. The molecule has 2 heterocycles. The lowest BCUT2D eigenvalue weighted by Gasteiger charge is -2.22. The van der Waals surface area contributed by atoms with E-state index in [1.807, 2.05) is 18.2 Å². The highest BCUT2D eigenvalue weighted by Gasteiger charge is 2.20. The van der Waals surface area contributed by atoms with Gasteiger partial charge in [-0.3, -0.25) is 5.10 Å². The Morgan fingerprint density at radius 1 is 1.44 bits per heavy atom. The molecule has 1 saturated heterocycles. The molecule has 1 aliphatic rings. The van der Waals surface area contributed by atoms with Crippen LogP contribution >= 0.6 is 11.6 Å². The molecule has 0 bridgehead atoms. The number of ether oxygens (including phenoxy) is 1. The van der Waals surface area contributed by atoms with E-state index in [1.165, 1.54) is 0 Å². The number of benzene rings is 1. The Morgan fingerprint density at radius 3 is 3.19 bits per heavy atom. The fourth-order valence-electron chi connectivity index (χ4n) is 2.02. The van der Waals surface area contributed by atoms with Crippen molar-refractivity contribution in [2.24, 2.45) is 0 Å². The van der Waals surface area contributed by atoms with E-state index in [-0.39, 0.29) is 6.10 Å². The van der Waals surface area contributed by atoms with E-state index in [0.29, 0.717) is 5.02 Å². The number of aromatic nitrogens is 2. The van der Waals surface area contributed by atoms with Gasteiger partial charge >= 0.3 is 0 Å². The second-order valence-corrected chi connectivity index (χ2v) is 4.24. The van der Waals surface area contributed by atoms with E-state index in [9.17, 15) is 0 Å². The molecule has 1 aromatic carbocycles. The predicted molar refractivity (Wildman–Crippen MR) is 62.7 cm³/mol. The summed E-state index contributed by atoms with van der Waals surface area (Å²) in [6, 6.07) is 5.78. The molecule has 2 aromatic rings. The molecule has 0 radical (unpaired) electrons. The van der Waals surface area contributed by atoms with Gasteiger partial charge in [-0.2, -0.15) is 5.10 Å². The van der Waals surface area contributed by atoms with E-state index < -0.39 is 0 Å². The number of rotatable bonds is 1. The highest BCUT2D eigenvalue weighted by Crippen LogP contribution is 2.28. The maximum Gasteiger partial charge on any atom is 0.112 e. The van der Waals surface area contributed by atoms with Crippen molar-refractivity contribution in [1.82, 2.24) is 15.5 Å². The van der Waals surface area contributed by atoms with Crippen molar-refractivity contribution >= 4 is 22.5 Å². The van der Waals surface area contributed by atoms with Crippen molar-refractivity contribution in [1.29, 1.82) is 0 Å². The molecule has 16 heavy (non-hydrogen) atoms. The van der Waals surface area contributed by atoms with Crippen LogP contribution in [0.5, 0.6) is 0 Å². The molecule has 4 nitrogen and oxygen atoms in total. The molecule has 1 aromatic heterocycles. The lowest BCUT2D eigenvalue weighted by atomic mass is 10.1. The summed E-state index contributed by atoms with van der Waals surface area (Å²) in [5.41, 5.74) is 1.82. The van der Waals surface area contributed by atoms with Gasteiger partial charge in [-0.1, -0.05) is 23.7 Å². The molecule has 84 valence electrons. The van der Waals surface area contributed by atoms with Crippen LogP contribution in [0.15, 0.2) is 18.2 Å². The molecule has 0 saturated carbocycles. The Morgan fingerprint density at radius 2 is 2.38 bits per heavy atom. The van der Waals surface area contributed by atoms with Crippen LogP contribution < -0.4 is 5.32 Å². The standard InChI is InChI=1S/C11H12ClN3O/c12-8-3-1-2-7-10(8)14-15-11(7)9-6-13-4-5-16-9/h1-3,9,13H,4-6H2,(H,14,15)/t9-/m1/s1. The summed E-state index contributed by atoms with van der Waals surface area (Å²) in [5, 5.41) is 12.3. The number of para-hydroxylation sites is 1. The number of nitrogens with zero attached hydrogens (tertiary/aromatic N) is 1. The van der Waals surface area contributed by atoms with Crippen LogP contribution in [0.2, 0.25) is 5.02 Å². The molecular formula is C11H12ClN3O. The molecular weight excluding hydrogens is 226 g/mol. The van der Waals surface area contributed by atoms with Crippen LogP contribution in [0.25, 0.3) is 10.9 Å². The van der Waals surface area contributed by atoms with E-state index in [1.54, 1.807) is 0 Å². The molecule has 5 heteroatoms. The van der Waals surface area contributed by atoms with Gasteiger partial charge in [0.15, 0.2) is 0 Å². The van der Waals surface area contributed by atoms with Gasteiger partial charge in [-0.05, 0) is 6.07 Å². The molecule has 1 aliphatic heterocycles. The summed E-state index contributed by atoms with van der Waals surface area (Å²) in [4.78, 5) is 0. The minimum absolute atomic E-state index is 0.0391. The van der Waals surface area contributed by atoms with E-state index >= 15 is 0 Å². The molecule has 0 amide bonds. The lowest BCUT2D eigenvalue weighted by Crippen LogP contribution is -2.33. The number of aromatic amines is 1. The third-order valence-corrected chi connectivity index (χ3v) is 3.12. The number of morpholine rings is 1. The quantitative estimate of drug-likeness (QED) is 0.796. The Labute approximate surface area is 97.9 Å². The summed E-state index contributed by atoms with van der Waals surface area (Å²) in [6.07, 6.45) is 0.0391. The van der Waals surface area contributed by atoms with E-state index in [0.717, 1.165) is 36.3 Å². The summed E-state index contributed by atoms with van der Waals surface area (Å²) in [5.74, 6) is 0. The molecule has 0 unspecified atom stereocenters. The van der Waals surface area contributed by atoms with Gasteiger partial charge in [0.05, 0.1) is 17.3 Å². The van der Waals surface area contributed by atoms with Gasteiger partial charge in [-0.15, -0.1) is 0 Å². The smallest absolute Gasteiger partial charge is 0.112 e. The highest BCUT2D eigenvalue weighted by atomic mass is 35.5. The number of hydrogen-bond acceptors (Lipinski definition) is 3. The zero-order valence-electron chi connectivity index (χ0n) is 8.66. The molecule has 2 N–H and O–H groups in total. The third-order valence-electron chi connectivity index (χ3n) is 2.81. The summed E-state index contributed by atoms with van der Waals surface area (Å²) in [6.45, 7) is 2.44. The zero-order valence-corrected chi connectivity index (χ0v) is 9.42. The van der Waals surface area contributed by atoms with Crippen LogP contribution in [0.4, 0.5) is 0 Å². The Balaban J connectivity index is 2.06. The van der Waals surface area contributed by atoms with Gasteiger partial charge in [0.25, 0.3) is 0 Å². The van der Waals surface area contributed by atoms with Crippen molar-refractivity contribution in [2.75, 3.05) is 19.7 Å². The first-order valence-electron chi connectivity index (χ1n) is 5.31. The first-order valence-corrected chi connectivity index (χ1v) is 5.69. The molecule has 3 rings (SSSR count). The van der Waals surface area contributed by atoms with Crippen LogP contribution in [-0.2, 0) is 4.74 Å². The maximum atomic E-state index is 6.07. The largest absolute Gasteiger partial charge is 0.369 e. The number of fused-ring (bicyclic) bond motifs is 1. The average Bonchev–Trinajstić information content (AvgIpc) is 2.75. The Bertz CT molecular complexity index is 505. The number of nitrogens with one attached hydrogen (secondary N) is 2. The van der Waals surface area contributed by atoms with Crippen LogP contribution in [0, 0.1) is 0 Å². The fourth-order valence-corrected chi connectivity index (χ4v) is 2.24. The maximum absolute atomic E-state index is 6.07. The van der Waals surface area contributed by atoms with Crippen molar-refractivity contribution in [3.05, 3.63) is 28.9 Å². The van der Waals surface area contributed by atoms with Gasteiger partial charge in [0, 0.05) is 18.5 Å². The van der Waals surface area contributed by atoms with Crippen LogP contribution in [-0.4, -0.2) is 29.9 Å². The number of halogens is 1. The Hall–Kier alpha value is -1.10. The van der Waals surface area contributed by atoms with Crippen molar-refractivity contribution in [3.63, 3.8) is 0 Å². The molecule has 1 fully saturated rings. The number of hydrogen-bond donors (Lipinski definition) is 2. The van der Waals surface area contributed by atoms with Crippen molar-refractivity contribution in [3.8, 4) is 0 Å². The van der Waals surface area contributed by atoms with E-state index in [2.05, 4.69) is 15.5 Å². The molecule has 0 aliphatic carbocycles. The monoisotopic (exact) mass is 237 g/mol. The highest BCUT2D eigenvalue weighted by molar-refractivity contribution is 6.35. The first kappa shape index (κ1) is 10.1. The lowest BCUT2D eigenvalue weighted by molar-refractivity contribution is 0.0258. The SMILES string of the molecule is Clc1cccc2c([C@H]3CNCCO3)[nH]nc12. The average molecular weight is 238 g/mol. The fraction of sp³-hybridized carbons (Fsp3) is 0.364. The van der Waals surface area contributed by atoms with Gasteiger partial charge in [-0.25, -0.2) is 0 Å². The minimum Gasteiger partial charge on any atom is -0.369 e. The Kier molecular flexibility index (Phi) is 2.55. The molecule has 1 atom stereocenters.